The number of allylic oxidation sites excluding steroid dienone is 1. The Kier molecular flexibility index (Phi) is 6.01. The molecule has 2 heteroatoms. The minimum Gasteiger partial charge on any atom is -0.392 e. The molecule has 0 aliphatic heterocycles. The van der Waals surface area contributed by atoms with Gasteiger partial charge in [-0.15, -0.1) is 0 Å². The van der Waals surface area contributed by atoms with Gasteiger partial charge in [-0.1, -0.05) is 60.0 Å². The molecule has 0 aromatic heterocycles. The van der Waals surface area contributed by atoms with Gasteiger partial charge in [-0.25, -0.2) is 0 Å². The monoisotopic (exact) mass is 402 g/mol. The predicted octanol–water partition coefficient (Wildman–Crippen LogP) is 6.36. The molecule has 0 heterocycles. The normalized spacial score (nSPS) is 47.9. The van der Waals surface area contributed by atoms with Crippen molar-refractivity contribution in [3.8, 4) is 0 Å². The second-order valence-electron chi connectivity index (χ2n) is 12.2. The molecule has 0 saturated heterocycles. The average molecular weight is 403 g/mol. The van der Waals surface area contributed by atoms with Gasteiger partial charge in [-0.05, 0) is 91.4 Å². The summed E-state index contributed by atoms with van der Waals surface area (Å²) in [7, 11) is 0. The number of fused-ring (bicyclic) bond motifs is 5. The molecule has 166 valence electrons. The molecule has 4 rings (SSSR count). The fourth-order valence-electron chi connectivity index (χ4n) is 8.79. The van der Waals surface area contributed by atoms with Gasteiger partial charge in [0.15, 0.2) is 0 Å². The molecule has 0 aromatic carbocycles. The van der Waals surface area contributed by atoms with Crippen molar-refractivity contribution < 1.29 is 10.2 Å². The standard InChI is InChI=1S/C27H46O2/c1-17(2)7-6-8-18(3)20-11-12-21-19-9-10-23-24(28)13-14-25(29)27(23,5)22(19)15-16-26(20,21)4/h10,17-22,24-25,28-29H,6-9,11-16H2,1-5H3. The van der Waals surface area contributed by atoms with Crippen LogP contribution in [0.3, 0.4) is 0 Å². The Morgan fingerprint density at radius 2 is 1.72 bits per heavy atom. The molecule has 9 atom stereocenters. The third kappa shape index (κ3) is 3.45. The fourth-order valence-corrected chi connectivity index (χ4v) is 8.79. The van der Waals surface area contributed by atoms with E-state index in [1.54, 1.807) is 0 Å². The third-order valence-corrected chi connectivity index (χ3v) is 10.4. The van der Waals surface area contributed by atoms with E-state index in [9.17, 15) is 10.2 Å². The molecule has 0 spiro atoms. The van der Waals surface area contributed by atoms with Gasteiger partial charge in [0, 0.05) is 5.41 Å². The van der Waals surface area contributed by atoms with Crippen molar-refractivity contribution in [2.45, 2.75) is 111 Å². The van der Waals surface area contributed by atoms with Gasteiger partial charge in [0.25, 0.3) is 0 Å². The van der Waals surface area contributed by atoms with E-state index in [0.717, 1.165) is 42.9 Å². The van der Waals surface area contributed by atoms with Gasteiger partial charge >= 0.3 is 0 Å². The lowest BCUT2D eigenvalue weighted by Crippen LogP contribution is -2.56. The van der Waals surface area contributed by atoms with Crippen molar-refractivity contribution in [1.82, 2.24) is 0 Å². The Hall–Kier alpha value is -0.340. The van der Waals surface area contributed by atoms with Gasteiger partial charge in [0.1, 0.15) is 0 Å². The Labute approximate surface area is 179 Å². The average Bonchev–Trinajstić information content (AvgIpc) is 3.02. The van der Waals surface area contributed by atoms with Crippen molar-refractivity contribution in [1.29, 1.82) is 0 Å². The maximum atomic E-state index is 11.1. The van der Waals surface area contributed by atoms with Gasteiger partial charge in [0.2, 0.25) is 0 Å². The van der Waals surface area contributed by atoms with Gasteiger partial charge < -0.3 is 10.2 Å². The van der Waals surface area contributed by atoms with E-state index >= 15 is 0 Å². The van der Waals surface area contributed by atoms with E-state index in [4.69, 9.17) is 0 Å². The van der Waals surface area contributed by atoms with Crippen LogP contribution in [0.4, 0.5) is 0 Å². The van der Waals surface area contributed by atoms with Crippen molar-refractivity contribution in [3.63, 3.8) is 0 Å². The maximum Gasteiger partial charge on any atom is 0.0757 e. The number of hydrogen-bond donors (Lipinski definition) is 2. The highest BCUT2D eigenvalue weighted by Crippen LogP contribution is 2.67. The zero-order chi connectivity index (χ0) is 21.0. The van der Waals surface area contributed by atoms with Crippen molar-refractivity contribution in [3.05, 3.63) is 11.6 Å². The molecule has 4 aliphatic rings. The molecule has 0 radical (unpaired) electrons. The molecule has 3 saturated carbocycles. The number of aliphatic hydroxyl groups excluding tert-OH is 2. The predicted molar refractivity (Wildman–Crippen MR) is 120 cm³/mol. The molecule has 0 aromatic rings. The molecular formula is C27H46O2. The molecule has 3 fully saturated rings. The molecule has 0 amide bonds. The summed E-state index contributed by atoms with van der Waals surface area (Å²) in [4.78, 5) is 0. The first-order valence-corrected chi connectivity index (χ1v) is 12.8. The summed E-state index contributed by atoms with van der Waals surface area (Å²) in [5, 5.41) is 21.7. The Morgan fingerprint density at radius 3 is 2.45 bits per heavy atom. The first-order valence-electron chi connectivity index (χ1n) is 12.8. The fraction of sp³-hybridized carbons (Fsp3) is 0.926. The molecular weight excluding hydrogens is 356 g/mol. The van der Waals surface area contributed by atoms with Crippen LogP contribution in [-0.2, 0) is 0 Å². The van der Waals surface area contributed by atoms with Crippen LogP contribution in [0.15, 0.2) is 11.6 Å². The second kappa shape index (κ2) is 7.97. The van der Waals surface area contributed by atoms with Crippen LogP contribution in [0.2, 0.25) is 0 Å². The smallest absolute Gasteiger partial charge is 0.0757 e. The quantitative estimate of drug-likeness (QED) is 0.525. The molecule has 9 unspecified atom stereocenters. The first-order chi connectivity index (χ1) is 13.7. The summed E-state index contributed by atoms with van der Waals surface area (Å²) in [6.45, 7) is 12.1. The largest absolute Gasteiger partial charge is 0.392 e. The second-order valence-corrected chi connectivity index (χ2v) is 12.2. The van der Waals surface area contributed by atoms with E-state index < -0.39 is 0 Å². The van der Waals surface area contributed by atoms with E-state index in [1.807, 2.05) is 0 Å². The zero-order valence-electron chi connectivity index (χ0n) is 19.7. The molecule has 0 bridgehead atoms. The van der Waals surface area contributed by atoms with E-state index in [0.29, 0.717) is 17.3 Å². The van der Waals surface area contributed by atoms with Crippen molar-refractivity contribution >= 4 is 0 Å². The van der Waals surface area contributed by atoms with Crippen LogP contribution in [-0.4, -0.2) is 22.4 Å². The molecule has 2 N–H and O–H groups in total. The topological polar surface area (TPSA) is 40.5 Å². The minimum atomic E-state index is -0.324. The van der Waals surface area contributed by atoms with Crippen LogP contribution >= 0.6 is 0 Å². The summed E-state index contributed by atoms with van der Waals surface area (Å²) >= 11 is 0. The lowest BCUT2D eigenvalue weighted by molar-refractivity contribution is -0.106. The summed E-state index contributed by atoms with van der Waals surface area (Å²) in [5.41, 5.74) is 1.47. The minimum absolute atomic E-state index is 0.192. The maximum absolute atomic E-state index is 11.1. The van der Waals surface area contributed by atoms with Crippen LogP contribution in [0.1, 0.15) is 98.8 Å². The van der Waals surface area contributed by atoms with Crippen LogP contribution < -0.4 is 0 Å². The zero-order valence-corrected chi connectivity index (χ0v) is 19.7. The highest BCUT2D eigenvalue weighted by Gasteiger charge is 2.61. The van der Waals surface area contributed by atoms with Crippen molar-refractivity contribution in [2.24, 2.45) is 46.3 Å². The Balaban J connectivity index is 1.53. The summed E-state index contributed by atoms with van der Waals surface area (Å²) in [6, 6.07) is 0. The third-order valence-electron chi connectivity index (χ3n) is 10.4. The number of hydrogen-bond acceptors (Lipinski definition) is 2. The van der Waals surface area contributed by atoms with Crippen LogP contribution in [0.5, 0.6) is 0 Å². The highest BCUT2D eigenvalue weighted by atomic mass is 16.3. The van der Waals surface area contributed by atoms with Crippen LogP contribution in [0.25, 0.3) is 0 Å². The lowest BCUT2D eigenvalue weighted by Gasteiger charge is -2.59. The summed E-state index contributed by atoms with van der Waals surface area (Å²) < 4.78 is 0. The van der Waals surface area contributed by atoms with E-state index in [2.05, 4.69) is 40.7 Å². The Morgan fingerprint density at radius 1 is 0.966 bits per heavy atom. The summed E-state index contributed by atoms with van der Waals surface area (Å²) in [5.74, 6) is 4.61. The Bertz CT molecular complexity index is 624. The van der Waals surface area contributed by atoms with Gasteiger partial charge in [0.05, 0.1) is 12.2 Å². The molecule has 4 aliphatic carbocycles. The number of aliphatic hydroxyl groups is 2. The van der Waals surface area contributed by atoms with E-state index in [-0.39, 0.29) is 17.6 Å². The molecule has 2 nitrogen and oxygen atoms in total. The van der Waals surface area contributed by atoms with Gasteiger partial charge in [-0.2, -0.15) is 0 Å². The SMILES string of the molecule is CC(C)CCCC(C)C1CCC2C3CC=C4C(O)CCC(O)C4(C)C3CCC12C. The van der Waals surface area contributed by atoms with E-state index in [1.165, 1.54) is 50.5 Å². The highest BCUT2D eigenvalue weighted by molar-refractivity contribution is 5.29. The molecule has 29 heavy (non-hydrogen) atoms. The van der Waals surface area contributed by atoms with Crippen molar-refractivity contribution in [2.75, 3.05) is 0 Å². The van der Waals surface area contributed by atoms with Gasteiger partial charge in [-0.3, -0.25) is 0 Å². The van der Waals surface area contributed by atoms with Crippen LogP contribution in [0, 0.1) is 46.3 Å². The summed E-state index contributed by atoms with van der Waals surface area (Å²) in [6.07, 6.45) is 13.9. The number of rotatable bonds is 5. The lowest BCUT2D eigenvalue weighted by atomic mass is 9.46. The first kappa shape index (κ1) is 21.9.